The van der Waals surface area contributed by atoms with Gasteiger partial charge in [-0.25, -0.2) is 4.39 Å². The SMILES string of the molecule is O=C(CCc1nc(-c2ccc(F)cc2)no1)NNC(=O)c1ccccc1. The third-order valence-corrected chi connectivity index (χ3v) is 3.49. The number of carbonyl (C=O) groups is 2. The van der Waals surface area contributed by atoms with E-state index in [1.807, 2.05) is 0 Å². The van der Waals surface area contributed by atoms with E-state index in [0.29, 0.717) is 17.0 Å². The summed E-state index contributed by atoms with van der Waals surface area (Å²) in [5, 5.41) is 3.80. The van der Waals surface area contributed by atoms with Gasteiger partial charge in [0.1, 0.15) is 5.82 Å². The van der Waals surface area contributed by atoms with E-state index in [2.05, 4.69) is 21.0 Å². The molecule has 0 radical (unpaired) electrons. The standard InChI is InChI=1S/C18H15FN4O3/c19-14-8-6-12(7-9-14)17-20-16(26-23-17)11-10-15(24)21-22-18(25)13-4-2-1-3-5-13/h1-9H,10-11H2,(H,21,24)(H,22,25). The molecule has 0 bridgehead atoms. The van der Waals surface area contributed by atoms with E-state index in [1.165, 1.54) is 24.3 Å². The van der Waals surface area contributed by atoms with Gasteiger partial charge in [-0.15, -0.1) is 0 Å². The minimum Gasteiger partial charge on any atom is -0.339 e. The van der Waals surface area contributed by atoms with Crippen molar-refractivity contribution in [3.63, 3.8) is 0 Å². The number of benzene rings is 2. The monoisotopic (exact) mass is 354 g/mol. The Kier molecular flexibility index (Phi) is 5.33. The number of carbonyl (C=O) groups excluding carboxylic acids is 2. The zero-order chi connectivity index (χ0) is 18.4. The van der Waals surface area contributed by atoms with Crippen LogP contribution in [0.2, 0.25) is 0 Å². The molecule has 7 nitrogen and oxygen atoms in total. The fourth-order valence-corrected chi connectivity index (χ4v) is 2.14. The van der Waals surface area contributed by atoms with Crippen molar-refractivity contribution in [2.24, 2.45) is 0 Å². The minimum absolute atomic E-state index is 0.0557. The lowest BCUT2D eigenvalue weighted by Gasteiger charge is -2.06. The summed E-state index contributed by atoms with van der Waals surface area (Å²) in [7, 11) is 0. The molecule has 2 N–H and O–H groups in total. The van der Waals surface area contributed by atoms with Crippen LogP contribution in [0.4, 0.5) is 4.39 Å². The van der Waals surface area contributed by atoms with Gasteiger partial charge in [0.05, 0.1) is 0 Å². The van der Waals surface area contributed by atoms with Gasteiger partial charge in [0, 0.05) is 24.0 Å². The highest BCUT2D eigenvalue weighted by atomic mass is 19.1. The second-order valence-corrected chi connectivity index (χ2v) is 5.39. The first-order valence-electron chi connectivity index (χ1n) is 7.84. The number of nitrogens with one attached hydrogen (secondary N) is 2. The van der Waals surface area contributed by atoms with E-state index < -0.39 is 11.8 Å². The third kappa shape index (κ3) is 4.50. The maximum atomic E-state index is 12.9. The molecule has 0 fully saturated rings. The van der Waals surface area contributed by atoms with Crippen LogP contribution in [0.1, 0.15) is 22.7 Å². The predicted molar refractivity (Wildman–Crippen MR) is 90.1 cm³/mol. The molecule has 0 aliphatic rings. The van der Waals surface area contributed by atoms with Gasteiger partial charge in [0.15, 0.2) is 0 Å². The van der Waals surface area contributed by atoms with Gasteiger partial charge in [0.2, 0.25) is 17.6 Å². The first-order chi connectivity index (χ1) is 12.6. The van der Waals surface area contributed by atoms with E-state index in [1.54, 1.807) is 30.3 Å². The Morgan fingerprint density at radius 2 is 1.73 bits per heavy atom. The molecule has 0 saturated heterocycles. The molecule has 3 rings (SSSR count). The fraction of sp³-hybridized carbons (Fsp3) is 0.111. The molecule has 0 atom stereocenters. The third-order valence-electron chi connectivity index (χ3n) is 3.49. The highest BCUT2D eigenvalue weighted by Crippen LogP contribution is 2.16. The van der Waals surface area contributed by atoms with Crippen LogP contribution < -0.4 is 10.9 Å². The average molecular weight is 354 g/mol. The molecular weight excluding hydrogens is 339 g/mol. The summed E-state index contributed by atoms with van der Waals surface area (Å²) in [5.74, 6) is -0.565. The van der Waals surface area contributed by atoms with Crippen LogP contribution in [0, 0.1) is 5.82 Å². The maximum absolute atomic E-state index is 12.9. The van der Waals surface area contributed by atoms with Crippen molar-refractivity contribution in [3.05, 3.63) is 71.9 Å². The number of hydrogen-bond donors (Lipinski definition) is 2. The molecule has 1 heterocycles. The number of rotatable bonds is 5. The zero-order valence-electron chi connectivity index (χ0n) is 13.6. The van der Waals surface area contributed by atoms with E-state index >= 15 is 0 Å². The van der Waals surface area contributed by atoms with Crippen LogP contribution in [0.15, 0.2) is 59.1 Å². The van der Waals surface area contributed by atoms with Crippen molar-refractivity contribution < 1.29 is 18.5 Å². The average Bonchev–Trinajstić information content (AvgIpc) is 3.14. The highest BCUT2D eigenvalue weighted by Gasteiger charge is 2.12. The number of aryl methyl sites for hydroxylation is 1. The zero-order valence-corrected chi connectivity index (χ0v) is 13.6. The van der Waals surface area contributed by atoms with Crippen LogP contribution in [0.5, 0.6) is 0 Å². The number of halogens is 1. The van der Waals surface area contributed by atoms with Crippen molar-refractivity contribution in [2.45, 2.75) is 12.8 Å². The van der Waals surface area contributed by atoms with E-state index in [-0.39, 0.29) is 24.5 Å². The number of hydrazine groups is 1. The first kappa shape index (κ1) is 17.3. The Morgan fingerprint density at radius 3 is 2.46 bits per heavy atom. The largest absolute Gasteiger partial charge is 0.339 e. The number of aromatic nitrogens is 2. The Labute approximate surface area is 148 Å². The Bertz CT molecular complexity index is 894. The van der Waals surface area contributed by atoms with Gasteiger partial charge in [-0.1, -0.05) is 23.4 Å². The summed E-state index contributed by atoms with van der Waals surface area (Å²) in [6.45, 7) is 0. The molecule has 0 aliphatic heterocycles. The Balaban J connectivity index is 1.47. The molecule has 26 heavy (non-hydrogen) atoms. The van der Waals surface area contributed by atoms with Crippen molar-refractivity contribution in [3.8, 4) is 11.4 Å². The molecule has 1 aromatic heterocycles. The summed E-state index contributed by atoms with van der Waals surface area (Å²) < 4.78 is 18.0. The molecule has 3 aromatic rings. The molecular formula is C18H15FN4O3. The summed E-state index contributed by atoms with van der Waals surface area (Å²) in [6, 6.07) is 14.2. The van der Waals surface area contributed by atoms with Crippen LogP contribution in [0.25, 0.3) is 11.4 Å². The number of nitrogens with zero attached hydrogens (tertiary/aromatic N) is 2. The number of amides is 2. The van der Waals surface area contributed by atoms with Crippen molar-refractivity contribution in [2.75, 3.05) is 0 Å². The van der Waals surface area contributed by atoms with Gasteiger partial charge in [0.25, 0.3) is 5.91 Å². The lowest BCUT2D eigenvalue weighted by Crippen LogP contribution is -2.41. The molecule has 0 aliphatic carbocycles. The summed E-state index contributed by atoms with van der Waals surface area (Å²) >= 11 is 0. The summed E-state index contributed by atoms with van der Waals surface area (Å²) in [4.78, 5) is 27.8. The van der Waals surface area contributed by atoms with E-state index in [0.717, 1.165) is 0 Å². The molecule has 8 heteroatoms. The van der Waals surface area contributed by atoms with Crippen LogP contribution in [0.3, 0.4) is 0 Å². The fourth-order valence-electron chi connectivity index (χ4n) is 2.14. The van der Waals surface area contributed by atoms with E-state index in [9.17, 15) is 14.0 Å². The minimum atomic E-state index is -0.407. The molecule has 0 unspecified atom stereocenters. The quantitative estimate of drug-likeness (QED) is 0.685. The van der Waals surface area contributed by atoms with Crippen LogP contribution in [-0.2, 0) is 11.2 Å². The molecule has 132 valence electrons. The molecule has 0 spiro atoms. The second-order valence-electron chi connectivity index (χ2n) is 5.39. The van der Waals surface area contributed by atoms with Crippen LogP contribution >= 0.6 is 0 Å². The van der Waals surface area contributed by atoms with Gasteiger partial charge >= 0.3 is 0 Å². The van der Waals surface area contributed by atoms with Gasteiger partial charge < -0.3 is 4.52 Å². The molecule has 2 aromatic carbocycles. The maximum Gasteiger partial charge on any atom is 0.269 e. The summed E-state index contributed by atoms with van der Waals surface area (Å²) in [6.07, 6.45) is 0.265. The normalized spacial score (nSPS) is 10.3. The molecule has 0 saturated carbocycles. The summed E-state index contributed by atoms with van der Waals surface area (Å²) in [5.41, 5.74) is 5.71. The van der Waals surface area contributed by atoms with Crippen molar-refractivity contribution in [1.29, 1.82) is 0 Å². The van der Waals surface area contributed by atoms with Gasteiger partial charge in [-0.3, -0.25) is 20.4 Å². The molecule has 2 amide bonds. The number of hydrogen-bond acceptors (Lipinski definition) is 5. The van der Waals surface area contributed by atoms with Crippen LogP contribution in [-0.4, -0.2) is 22.0 Å². The smallest absolute Gasteiger partial charge is 0.269 e. The van der Waals surface area contributed by atoms with Gasteiger partial charge in [-0.2, -0.15) is 4.98 Å². The van der Waals surface area contributed by atoms with Crippen molar-refractivity contribution >= 4 is 11.8 Å². The predicted octanol–water partition coefficient (Wildman–Crippen LogP) is 2.27. The second kappa shape index (κ2) is 8.02. The Hall–Kier alpha value is -3.55. The highest BCUT2D eigenvalue weighted by molar-refractivity contribution is 5.95. The Morgan fingerprint density at radius 1 is 1.00 bits per heavy atom. The van der Waals surface area contributed by atoms with E-state index in [4.69, 9.17) is 4.52 Å². The van der Waals surface area contributed by atoms with Crippen molar-refractivity contribution in [1.82, 2.24) is 21.0 Å². The lowest BCUT2D eigenvalue weighted by atomic mass is 10.2. The van der Waals surface area contributed by atoms with Gasteiger partial charge in [-0.05, 0) is 36.4 Å². The topological polar surface area (TPSA) is 97.1 Å². The first-order valence-corrected chi connectivity index (χ1v) is 7.84. The lowest BCUT2D eigenvalue weighted by molar-refractivity contribution is -0.121.